The van der Waals surface area contributed by atoms with Gasteiger partial charge in [-0.15, -0.1) is 23.4 Å². The molecule has 1 rings (SSSR count). The van der Waals surface area contributed by atoms with Gasteiger partial charge in [0.25, 0.3) is 0 Å². The van der Waals surface area contributed by atoms with Crippen molar-refractivity contribution in [3.8, 4) is 11.8 Å². The lowest BCUT2D eigenvalue weighted by Gasteiger charge is -2.04. The van der Waals surface area contributed by atoms with Crippen molar-refractivity contribution < 1.29 is 9.53 Å². The van der Waals surface area contributed by atoms with Gasteiger partial charge in [0.1, 0.15) is 0 Å². The van der Waals surface area contributed by atoms with Crippen LogP contribution in [-0.4, -0.2) is 18.5 Å². The SMILES string of the molecule is CC1C#CCCC1.CCCCCCCOC(=O)CCCCl. The molecule has 1 aliphatic carbocycles. The van der Waals surface area contributed by atoms with Gasteiger partial charge in [-0.3, -0.25) is 4.79 Å². The molecule has 0 saturated carbocycles. The molecule has 2 nitrogen and oxygen atoms in total. The first-order valence-electron chi connectivity index (χ1n) is 8.40. The quantitative estimate of drug-likeness (QED) is 0.249. The second kappa shape index (κ2) is 15.7. The molecule has 0 N–H and O–H groups in total. The van der Waals surface area contributed by atoms with E-state index in [1.807, 2.05) is 0 Å². The molecule has 1 unspecified atom stereocenters. The van der Waals surface area contributed by atoms with Gasteiger partial charge in [-0.05, 0) is 25.7 Å². The van der Waals surface area contributed by atoms with Crippen molar-refractivity contribution >= 4 is 17.6 Å². The molecule has 0 aromatic carbocycles. The monoisotopic (exact) mass is 314 g/mol. The number of carbonyl (C=O) groups excluding carboxylic acids is 1. The zero-order valence-electron chi connectivity index (χ0n) is 13.8. The number of rotatable bonds is 9. The van der Waals surface area contributed by atoms with Crippen LogP contribution in [0.25, 0.3) is 0 Å². The van der Waals surface area contributed by atoms with Gasteiger partial charge in [-0.2, -0.15) is 0 Å². The van der Waals surface area contributed by atoms with Gasteiger partial charge < -0.3 is 4.74 Å². The number of ether oxygens (including phenoxy) is 1. The Labute approximate surface area is 136 Å². The summed E-state index contributed by atoms with van der Waals surface area (Å²) in [5.74, 6) is 7.31. The summed E-state index contributed by atoms with van der Waals surface area (Å²) in [6.07, 6.45) is 10.9. The number of hydrogen-bond acceptors (Lipinski definition) is 2. The molecular weight excluding hydrogens is 284 g/mol. The van der Waals surface area contributed by atoms with Gasteiger partial charge >= 0.3 is 5.97 Å². The normalized spacial score (nSPS) is 16.2. The Morgan fingerprint density at radius 1 is 1.24 bits per heavy atom. The van der Waals surface area contributed by atoms with E-state index in [9.17, 15) is 4.79 Å². The van der Waals surface area contributed by atoms with E-state index in [0.717, 1.165) is 25.7 Å². The predicted molar refractivity (Wildman–Crippen MR) is 90.5 cm³/mol. The number of hydrogen-bond donors (Lipinski definition) is 0. The van der Waals surface area contributed by atoms with Crippen molar-refractivity contribution in [2.45, 2.75) is 78.1 Å². The standard InChI is InChI=1S/C11H21ClO2.C7H10/c1-2-3-4-5-6-10-14-11(13)8-7-9-12;1-7-5-3-2-4-6-7/h2-10H2,1H3;7H,2-3,5H2,1H3. The van der Waals surface area contributed by atoms with Crippen molar-refractivity contribution in [1.29, 1.82) is 0 Å². The summed E-state index contributed by atoms with van der Waals surface area (Å²) in [6.45, 7) is 4.95. The van der Waals surface area contributed by atoms with Crippen LogP contribution in [0, 0.1) is 17.8 Å². The Kier molecular flexibility index (Phi) is 15.2. The van der Waals surface area contributed by atoms with Crippen LogP contribution in [0.3, 0.4) is 0 Å². The van der Waals surface area contributed by atoms with E-state index in [-0.39, 0.29) is 5.97 Å². The van der Waals surface area contributed by atoms with Gasteiger partial charge in [-0.25, -0.2) is 0 Å². The average Bonchev–Trinajstić information content (AvgIpc) is 2.50. The number of carbonyl (C=O) groups is 1. The molecule has 0 aromatic rings. The van der Waals surface area contributed by atoms with Gasteiger partial charge in [0.2, 0.25) is 0 Å². The summed E-state index contributed by atoms with van der Waals surface area (Å²) in [4.78, 5) is 11.0. The minimum Gasteiger partial charge on any atom is -0.466 e. The molecule has 0 aromatic heterocycles. The highest BCUT2D eigenvalue weighted by atomic mass is 35.5. The molecule has 0 heterocycles. The van der Waals surface area contributed by atoms with Gasteiger partial charge in [0.05, 0.1) is 6.61 Å². The molecule has 1 aliphatic rings. The molecule has 21 heavy (non-hydrogen) atoms. The van der Waals surface area contributed by atoms with E-state index in [1.165, 1.54) is 32.1 Å². The highest BCUT2D eigenvalue weighted by molar-refractivity contribution is 6.17. The van der Waals surface area contributed by atoms with Crippen LogP contribution in [0.1, 0.15) is 78.1 Å². The van der Waals surface area contributed by atoms with E-state index in [4.69, 9.17) is 16.3 Å². The minimum absolute atomic E-state index is 0.110. The maximum Gasteiger partial charge on any atom is 0.305 e. The number of unbranched alkanes of at least 4 members (excludes halogenated alkanes) is 4. The van der Waals surface area contributed by atoms with Crippen LogP contribution in [0.4, 0.5) is 0 Å². The Morgan fingerprint density at radius 3 is 2.52 bits per heavy atom. The second-order valence-electron chi connectivity index (χ2n) is 5.54. The molecule has 0 aliphatic heterocycles. The molecule has 0 radical (unpaired) electrons. The molecule has 1 atom stereocenters. The average molecular weight is 315 g/mol. The predicted octanol–water partition coefficient (Wildman–Crippen LogP) is 5.33. The lowest BCUT2D eigenvalue weighted by molar-refractivity contribution is -0.143. The second-order valence-corrected chi connectivity index (χ2v) is 5.92. The first-order valence-corrected chi connectivity index (χ1v) is 8.94. The van der Waals surface area contributed by atoms with Gasteiger partial charge in [-0.1, -0.05) is 39.5 Å². The summed E-state index contributed by atoms with van der Waals surface area (Å²) in [7, 11) is 0. The third-order valence-corrected chi connectivity index (χ3v) is 3.58. The van der Waals surface area contributed by atoms with E-state index in [2.05, 4.69) is 25.7 Å². The number of esters is 1. The Bertz CT molecular complexity index is 304. The number of halogens is 1. The molecule has 3 heteroatoms. The Morgan fingerprint density at radius 2 is 2.00 bits per heavy atom. The fraction of sp³-hybridized carbons (Fsp3) is 0.833. The van der Waals surface area contributed by atoms with Crippen molar-refractivity contribution in [2.24, 2.45) is 5.92 Å². The molecule has 0 amide bonds. The van der Waals surface area contributed by atoms with E-state index < -0.39 is 0 Å². The zero-order valence-corrected chi connectivity index (χ0v) is 14.5. The summed E-state index contributed by atoms with van der Waals surface area (Å²) < 4.78 is 5.03. The Balaban J connectivity index is 0.000000471. The molecule has 0 saturated heterocycles. The fourth-order valence-electron chi connectivity index (χ4n) is 1.99. The fourth-order valence-corrected chi connectivity index (χ4v) is 2.12. The minimum atomic E-state index is -0.110. The first kappa shape index (κ1) is 20.3. The van der Waals surface area contributed by atoms with Gasteiger partial charge in [0, 0.05) is 24.6 Å². The molecule has 122 valence electrons. The molecule has 0 bridgehead atoms. The lowest BCUT2D eigenvalue weighted by Crippen LogP contribution is -2.05. The van der Waals surface area contributed by atoms with Crippen LogP contribution in [0.2, 0.25) is 0 Å². The highest BCUT2D eigenvalue weighted by Gasteiger charge is 2.01. The van der Waals surface area contributed by atoms with Crippen molar-refractivity contribution in [3.63, 3.8) is 0 Å². The highest BCUT2D eigenvalue weighted by Crippen LogP contribution is 2.09. The third kappa shape index (κ3) is 15.5. The molecule has 0 spiro atoms. The summed E-state index contributed by atoms with van der Waals surface area (Å²) >= 11 is 5.46. The molecule has 0 fully saturated rings. The zero-order chi connectivity index (χ0) is 15.8. The van der Waals surface area contributed by atoms with Crippen LogP contribution in [0.15, 0.2) is 0 Å². The summed E-state index contributed by atoms with van der Waals surface area (Å²) in [5, 5.41) is 0. The summed E-state index contributed by atoms with van der Waals surface area (Å²) in [5.41, 5.74) is 0. The lowest BCUT2D eigenvalue weighted by atomic mass is 10.0. The molecular formula is C18H31ClO2. The van der Waals surface area contributed by atoms with E-state index >= 15 is 0 Å². The van der Waals surface area contributed by atoms with Crippen LogP contribution in [0.5, 0.6) is 0 Å². The van der Waals surface area contributed by atoms with Crippen LogP contribution in [-0.2, 0) is 9.53 Å². The Hall–Kier alpha value is -0.680. The van der Waals surface area contributed by atoms with Crippen molar-refractivity contribution in [1.82, 2.24) is 0 Å². The number of alkyl halides is 1. The van der Waals surface area contributed by atoms with E-state index in [1.54, 1.807) is 0 Å². The topological polar surface area (TPSA) is 26.3 Å². The smallest absolute Gasteiger partial charge is 0.305 e. The van der Waals surface area contributed by atoms with Crippen LogP contribution < -0.4 is 0 Å². The van der Waals surface area contributed by atoms with E-state index in [0.29, 0.717) is 24.8 Å². The largest absolute Gasteiger partial charge is 0.466 e. The maximum atomic E-state index is 11.0. The van der Waals surface area contributed by atoms with Crippen LogP contribution >= 0.6 is 11.6 Å². The first-order chi connectivity index (χ1) is 10.2. The maximum absolute atomic E-state index is 11.0. The van der Waals surface area contributed by atoms with Crippen molar-refractivity contribution in [2.75, 3.05) is 12.5 Å². The summed E-state index contributed by atoms with van der Waals surface area (Å²) in [6, 6.07) is 0. The van der Waals surface area contributed by atoms with Gasteiger partial charge in [0.15, 0.2) is 0 Å². The third-order valence-electron chi connectivity index (χ3n) is 3.31. The van der Waals surface area contributed by atoms with Crippen molar-refractivity contribution in [3.05, 3.63) is 0 Å².